The number of amides is 1. The van der Waals surface area contributed by atoms with E-state index in [9.17, 15) is 4.79 Å². The summed E-state index contributed by atoms with van der Waals surface area (Å²) in [5.41, 5.74) is 1.67. The largest absolute Gasteiger partial charge is 0.336 e. The van der Waals surface area contributed by atoms with Crippen molar-refractivity contribution < 1.29 is 4.79 Å². The Bertz CT molecular complexity index is 421. The number of carbonyl (C=O) groups excluding carboxylic acids is 1. The molecule has 1 aliphatic rings. The molecule has 5 heteroatoms. The highest BCUT2D eigenvalue weighted by Gasteiger charge is 2.26. The lowest BCUT2D eigenvalue weighted by Crippen LogP contribution is -2.46. The zero-order chi connectivity index (χ0) is 13.1. The molecule has 0 unspecified atom stereocenters. The Kier molecular flexibility index (Phi) is 4.01. The van der Waals surface area contributed by atoms with Crippen molar-refractivity contribution >= 4 is 5.91 Å². The predicted molar refractivity (Wildman–Crippen MR) is 70.5 cm³/mol. The van der Waals surface area contributed by atoms with Gasteiger partial charge in [0.05, 0.1) is 11.8 Å². The third-order valence-corrected chi connectivity index (χ3v) is 3.82. The summed E-state index contributed by atoms with van der Waals surface area (Å²) in [6.07, 6.45) is 3.76. The minimum Gasteiger partial charge on any atom is -0.336 e. The SMILES string of the molecule is CCN(C(=O)c1cnn(C)c1C)C1CCNCC1. The molecule has 0 bridgehead atoms. The van der Waals surface area contributed by atoms with E-state index in [-0.39, 0.29) is 5.91 Å². The summed E-state index contributed by atoms with van der Waals surface area (Å²) >= 11 is 0. The number of hydrogen-bond acceptors (Lipinski definition) is 3. The number of carbonyl (C=O) groups is 1. The summed E-state index contributed by atoms with van der Waals surface area (Å²) in [7, 11) is 1.87. The fraction of sp³-hybridized carbons (Fsp3) is 0.692. The van der Waals surface area contributed by atoms with Crippen molar-refractivity contribution in [3.05, 3.63) is 17.5 Å². The number of nitrogens with one attached hydrogen (secondary N) is 1. The molecule has 100 valence electrons. The Morgan fingerprint density at radius 3 is 2.72 bits per heavy atom. The lowest BCUT2D eigenvalue weighted by Gasteiger charge is -2.33. The van der Waals surface area contributed by atoms with E-state index >= 15 is 0 Å². The third-order valence-electron chi connectivity index (χ3n) is 3.82. The van der Waals surface area contributed by atoms with Gasteiger partial charge in [0.1, 0.15) is 0 Å². The van der Waals surface area contributed by atoms with Crippen molar-refractivity contribution in [1.82, 2.24) is 20.0 Å². The average molecular weight is 250 g/mol. The van der Waals surface area contributed by atoms with Crippen molar-refractivity contribution in [3.63, 3.8) is 0 Å². The number of rotatable bonds is 3. The molecule has 1 aromatic heterocycles. The zero-order valence-corrected chi connectivity index (χ0v) is 11.4. The van der Waals surface area contributed by atoms with E-state index in [1.54, 1.807) is 10.9 Å². The van der Waals surface area contributed by atoms with E-state index in [1.807, 2.05) is 25.8 Å². The van der Waals surface area contributed by atoms with Gasteiger partial charge in [-0.2, -0.15) is 5.10 Å². The number of piperidine rings is 1. The molecule has 2 rings (SSSR count). The normalized spacial score (nSPS) is 16.8. The van der Waals surface area contributed by atoms with Crippen LogP contribution in [0.5, 0.6) is 0 Å². The molecule has 0 saturated carbocycles. The van der Waals surface area contributed by atoms with Crippen LogP contribution in [-0.2, 0) is 7.05 Å². The average Bonchev–Trinajstić information content (AvgIpc) is 2.72. The Labute approximate surface area is 108 Å². The molecular formula is C13H22N4O. The van der Waals surface area contributed by atoms with Gasteiger partial charge in [-0.15, -0.1) is 0 Å². The number of aryl methyl sites for hydroxylation is 1. The molecule has 18 heavy (non-hydrogen) atoms. The van der Waals surface area contributed by atoms with E-state index in [1.165, 1.54) is 0 Å². The van der Waals surface area contributed by atoms with Gasteiger partial charge in [0, 0.05) is 25.3 Å². The van der Waals surface area contributed by atoms with Gasteiger partial charge in [0.25, 0.3) is 5.91 Å². The molecule has 0 spiro atoms. The van der Waals surface area contributed by atoms with Gasteiger partial charge in [-0.3, -0.25) is 9.48 Å². The molecule has 1 fully saturated rings. The number of hydrogen-bond donors (Lipinski definition) is 1. The van der Waals surface area contributed by atoms with Crippen molar-refractivity contribution in [1.29, 1.82) is 0 Å². The van der Waals surface area contributed by atoms with Crippen LogP contribution in [0, 0.1) is 6.92 Å². The Morgan fingerprint density at radius 1 is 1.56 bits per heavy atom. The summed E-state index contributed by atoms with van der Waals surface area (Å²) in [5, 5.41) is 7.49. The molecule has 1 saturated heterocycles. The molecular weight excluding hydrogens is 228 g/mol. The van der Waals surface area contributed by atoms with Crippen LogP contribution in [0.3, 0.4) is 0 Å². The molecule has 0 aromatic carbocycles. The van der Waals surface area contributed by atoms with Crippen LogP contribution in [0.2, 0.25) is 0 Å². The molecule has 1 N–H and O–H groups in total. The molecule has 0 aliphatic carbocycles. The Hall–Kier alpha value is -1.36. The second-order valence-corrected chi connectivity index (χ2v) is 4.84. The second kappa shape index (κ2) is 5.52. The summed E-state index contributed by atoms with van der Waals surface area (Å²) in [6.45, 7) is 6.75. The van der Waals surface area contributed by atoms with Crippen LogP contribution in [0.1, 0.15) is 35.8 Å². The minimum absolute atomic E-state index is 0.120. The van der Waals surface area contributed by atoms with Crippen molar-refractivity contribution in [2.24, 2.45) is 7.05 Å². The van der Waals surface area contributed by atoms with Crippen LogP contribution in [0.4, 0.5) is 0 Å². The van der Waals surface area contributed by atoms with E-state index in [2.05, 4.69) is 10.4 Å². The quantitative estimate of drug-likeness (QED) is 0.868. The number of nitrogens with zero attached hydrogens (tertiary/aromatic N) is 3. The van der Waals surface area contributed by atoms with Gasteiger partial charge >= 0.3 is 0 Å². The van der Waals surface area contributed by atoms with Crippen LogP contribution in [0.15, 0.2) is 6.20 Å². The van der Waals surface area contributed by atoms with Gasteiger partial charge in [-0.05, 0) is 39.8 Å². The molecule has 1 amide bonds. The lowest BCUT2D eigenvalue weighted by atomic mass is 10.0. The van der Waals surface area contributed by atoms with Crippen LogP contribution < -0.4 is 5.32 Å². The first kappa shape index (κ1) is 13.1. The highest BCUT2D eigenvalue weighted by atomic mass is 16.2. The maximum atomic E-state index is 12.6. The summed E-state index contributed by atoms with van der Waals surface area (Å²) in [4.78, 5) is 14.6. The zero-order valence-electron chi connectivity index (χ0n) is 11.4. The van der Waals surface area contributed by atoms with E-state index in [0.717, 1.165) is 43.7 Å². The van der Waals surface area contributed by atoms with Gasteiger partial charge < -0.3 is 10.2 Å². The van der Waals surface area contributed by atoms with Gasteiger partial charge in [-0.1, -0.05) is 0 Å². The van der Waals surface area contributed by atoms with Crippen molar-refractivity contribution in [2.45, 2.75) is 32.7 Å². The lowest BCUT2D eigenvalue weighted by molar-refractivity contribution is 0.0655. The molecule has 0 atom stereocenters. The summed E-state index contributed by atoms with van der Waals surface area (Å²) in [5.74, 6) is 0.120. The van der Waals surface area contributed by atoms with Gasteiger partial charge in [-0.25, -0.2) is 0 Å². The first-order chi connectivity index (χ1) is 8.65. The maximum Gasteiger partial charge on any atom is 0.257 e. The second-order valence-electron chi connectivity index (χ2n) is 4.84. The first-order valence-corrected chi connectivity index (χ1v) is 6.65. The van der Waals surface area contributed by atoms with Gasteiger partial charge in [0.15, 0.2) is 0 Å². The summed E-state index contributed by atoms with van der Waals surface area (Å²) < 4.78 is 1.75. The van der Waals surface area contributed by atoms with E-state index < -0.39 is 0 Å². The predicted octanol–water partition coefficient (Wildman–Crippen LogP) is 0.943. The molecule has 1 aliphatic heterocycles. The van der Waals surface area contributed by atoms with Crippen LogP contribution in [0.25, 0.3) is 0 Å². The highest BCUT2D eigenvalue weighted by molar-refractivity contribution is 5.95. The summed E-state index contributed by atoms with van der Waals surface area (Å²) in [6, 6.07) is 0.364. The smallest absolute Gasteiger partial charge is 0.257 e. The minimum atomic E-state index is 0.120. The Morgan fingerprint density at radius 2 is 2.22 bits per heavy atom. The molecule has 5 nitrogen and oxygen atoms in total. The third kappa shape index (κ3) is 2.41. The molecule has 1 aromatic rings. The van der Waals surface area contributed by atoms with E-state index in [4.69, 9.17) is 0 Å². The van der Waals surface area contributed by atoms with Crippen molar-refractivity contribution in [2.75, 3.05) is 19.6 Å². The topological polar surface area (TPSA) is 50.2 Å². The van der Waals surface area contributed by atoms with E-state index in [0.29, 0.717) is 6.04 Å². The monoisotopic (exact) mass is 250 g/mol. The maximum absolute atomic E-state index is 12.6. The molecule has 2 heterocycles. The fourth-order valence-electron chi connectivity index (χ4n) is 2.55. The number of aromatic nitrogens is 2. The first-order valence-electron chi connectivity index (χ1n) is 6.65. The standard InChI is InChI=1S/C13H22N4O/c1-4-17(11-5-7-14-8-6-11)13(18)12-9-15-16(3)10(12)2/h9,11,14H,4-8H2,1-3H3. The van der Waals surface area contributed by atoms with Crippen molar-refractivity contribution in [3.8, 4) is 0 Å². The highest BCUT2D eigenvalue weighted by Crippen LogP contribution is 2.17. The Balaban J connectivity index is 2.16. The fourth-order valence-corrected chi connectivity index (χ4v) is 2.55. The van der Waals surface area contributed by atoms with Gasteiger partial charge in [0.2, 0.25) is 0 Å². The van der Waals surface area contributed by atoms with Crippen LogP contribution in [-0.4, -0.2) is 46.3 Å². The van der Waals surface area contributed by atoms with Crippen LogP contribution >= 0.6 is 0 Å². The molecule has 0 radical (unpaired) electrons.